The molecule has 4 aliphatic heterocycles. The van der Waals surface area contributed by atoms with Crippen molar-refractivity contribution < 1.29 is 133 Å². The van der Waals surface area contributed by atoms with E-state index in [0.717, 1.165) is 13.0 Å². The van der Waals surface area contributed by atoms with Gasteiger partial charge in [-0.1, -0.05) is 66.7 Å². The summed E-state index contributed by atoms with van der Waals surface area (Å²) < 4.78 is 18.2. The number of ketones is 2. The predicted molar refractivity (Wildman–Crippen MR) is 379 cm³/mol. The first kappa shape index (κ1) is 88.7. The van der Waals surface area contributed by atoms with Gasteiger partial charge in [0.05, 0.1) is 60.4 Å². The normalized spacial score (nSPS) is 30.1. The number of fused-ring (bicyclic) bond motifs is 14. The Kier molecular flexibility index (Phi) is 31.8. The summed E-state index contributed by atoms with van der Waals surface area (Å²) in [6.45, 7) is 13.2. The third kappa shape index (κ3) is 21.7. The summed E-state index contributed by atoms with van der Waals surface area (Å²) >= 11 is 0. The van der Waals surface area contributed by atoms with Gasteiger partial charge in [0.15, 0.2) is 24.2 Å². The summed E-state index contributed by atoms with van der Waals surface area (Å²) in [6.07, 6.45) is -5.08. The molecule has 11 unspecified atom stereocenters. The van der Waals surface area contributed by atoms with Crippen LogP contribution in [0.2, 0.25) is 0 Å². The van der Waals surface area contributed by atoms with Crippen molar-refractivity contribution in [1.29, 1.82) is 0 Å². The minimum absolute atomic E-state index is 0.0620. The molecule has 6 rings (SSSR count). The molecule has 1 saturated heterocycles. The van der Waals surface area contributed by atoms with E-state index in [-0.39, 0.29) is 70.8 Å². The molecule has 598 valence electrons. The van der Waals surface area contributed by atoms with E-state index in [1.54, 1.807) is 25.2 Å². The number of aliphatic hydroxyl groups excluding tert-OH is 8. The number of nitrogens with two attached hydrogens (primary N) is 1. The standard InChI is InChI=1S/C70H101N11O27/c1-27(2)38-20-42(85)41(25-83)78-64(99)40(77-68(103)51(69(104)105)81-65(100)43(86)23-75-66(101)49(36(11)84)79-67(102)50(80-63(38)98)56(92)57(93)60(71)95)22-74-62(97)35(10)72-17-18-73-45(87)26-106-44-21-39-55(91)47-46(44)48-58(34(9)54(47)90)108-70(12,59(48)94)107-19-16-37(24-82)31(6)30(5)32(7)53(89)33(8)52(88)28(3)14-13-15-29(4)61(96)76-39/h13-16,19,21,27-28,30-33,35-38,40-41,43,49-53,56-57,72,82-84,86,88-93H,17-18,20,22-26H2,1-12H3,(H2,71,95)(H,73,87)(H,74,97)(H,75,101)(H,76,96)(H,77,103)(H,78,99)(H,79,102)(H,80,98)(H,81,100)(H,104,105)/b14-13+,19-16+,29-15-/t28-,30+,31-,32-,33+,35?,36?,37+,38?,40?,41?,43?,49?,50?,51?,52-,53-,56?,57?,70-/m0/s1. The number of benzene rings is 2. The van der Waals surface area contributed by atoms with Gasteiger partial charge in [0.1, 0.15) is 53.6 Å². The third-order valence-electron chi connectivity index (χ3n) is 19.7. The number of β-amino-alcohol motifs (C(OH)–C–C–N with tert-alkyl or cyclic N) is 1. The Bertz CT molecular complexity index is 3810. The topological polar surface area (TPSA) is 618 Å². The number of anilines is 1. The maximum absolute atomic E-state index is 14.8. The van der Waals surface area contributed by atoms with Crippen molar-refractivity contribution in [3.63, 3.8) is 0 Å². The van der Waals surface area contributed by atoms with Gasteiger partial charge in [-0.2, -0.15) is 0 Å². The fourth-order valence-electron chi connectivity index (χ4n) is 12.2. The zero-order valence-electron chi connectivity index (χ0n) is 61.7. The number of Topliss-reactive ketones (excluding diaryl/α,β-unsaturated/α-hetero) is 2. The van der Waals surface area contributed by atoms with Crippen LogP contribution in [0, 0.1) is 54.3 Å². The molecule has 5 bridgehead atoms. The van der Waals surface area contributed by atoms with Crippen molar-refractivity contribution in [3.05, 3.63) is 53.3 Å². The maximum Gasteiger partial charge on any atom is 0.336 e. The van der Waals surface area contributed by atoms with E-state index in [4.69, 9.17) is 19.9 Å². The second-order valence-electron chi connectivity index (χ2n) is 27.8. The molecule has 0 aromatic heterocycles. The number of aliphatic carboxylic acids is 1. The van der Waals surface area contributed by atoms with E-state index in [0.29, 0.717) is 0 Å². The van der Waals surface area contributed by atoms with Gasteiger partial charge >= 0.3 is 11.8 Å². The first-order valence-electron chi connectivity index (χ1n) is 34.8. The Morgan fingerprint density at radius 2 is 1.36 bits per heavy atom. The minimum atomic E-state index is -2.67. The van der Waals surface area contributed by atoms with E-state index >= 15 is 0 Å². The molecule has 4 aliphatic rings. The van der Waals surface area contributed by atoms with Crippen molar-refractivity contribution in [3.8, 4) is 23.0 Å². The lowest BCUT2D eigenvalue weighted by Gasteiger charge is -2.37. The van der Waals surface area contributed by atoms with Crippen molar-refractivity contribution in [2.24, 2.45) is 53.1 Å². The molecule has 38 heteroatoms. The average molecular weight is 1530 g/mol. The number of allylic oxidation sites excluding steroid dienone is 2. The molecule has 38 nitrogen and oxygen atoms in total. The quantitative estimate of drug-likeness (QED) is 0.0377. The van der Waals surface area contributed by atoms with Crippen LogP contribution < -0.4 is 68.4 Å². The summed E-state index contributed by atoms with van der Waals surface area (Å²) in [5.41, 5.74) is 4.51. The summed E-state index contributed by atoms with van der Waals surface area (Å²) in [4.78, 5) is 176. The number of nitrogens with one attached hydrogen (secondary N) is 10. The van der Waals surface area contributed by atoms with E-state index in [1.807, 2.05) is 36.7 Å². The number of hydrogen-bond donors (Lipinski definition) is 22. The summed E-state index contributed by atoms with van der Waals surface area (Å²) in [6, 6.07) is -11.4. The number of hydrogen-bond acceptors (Lipinski definition) is 27. The monoisotopic (exact) mass is 1530 g/mol. The van der Waals surface area contributed by atoms with Gasteiger partial charge in [-0.05, 0) is 57.4 Å². The second kappa shape index (κ2) is 38.7. The lowest BCUT2D eigenvalue weighted by molar-refractivity contribution is -0.148. The number of primary amides is 1. The van der Waals surface area contributed by atoms with Crippen LogP contribution in [0.5, 0.6) is 23.0 Å². The van der Waals surface area contributed by atoms with Gasteiger partial charge in [0, 0.05) is 85.8 Å². The fraction of sp³-hybridized carbons (Fsp3) is 0.586. The van der Waals surface area contributed by atoms with Crippen molar-refractivity contribution >= 4 is 93.1 Å². The Labute approximate surface area is 620 Å². The average Bonchev–Trinajstić information content (AvgIpc) is 1.52. The van der Waals surface area contributed by atoms with Crippen LogP contribution in [0.1, 0.15) is 98.5 Å². The second-order valence-corrected chi connectivity index (χ2v) is 27.8. The van der Waals surface area contributed by atoms with E-state index < -0.39 is 240 Å². The van der Waals surface area contributed by atoms with Crippen molar-refractivity contribution in [1.82, 2.24) is 47.9 Å². The highest BCUT2D eigenvalue weighted by Crippen LogP contribution is 2.54. The number of ether oxygens (including phenoxy) is 3. The highest BCUT2D eigenvalue weighted by molar-refractivity contribution is 6.22. The number of rotatable bonds is 18. The molecule has 0 spiro atoms. The number of carboxylic acid groups (broad SMARTS) is 1. The number of phenols is 2. The van der Waals surface area contributed by atoms with Crippen molar-refractivity contribution in [2.75, 3.05) is 51.3 Å². The number of carboxylic acids is 1. The van der Waals surface area contributed by atoms with E-state index in [9.17, 15) is 119 Å². The third-order valence-corrected chi connectivity index (χ3v) is 19.7. The van der Waals surface area contributed by atoms with E-state index in [1.165, 1.54) is 66.0 Å². The molecule has 23 N–H and O–H groups in total. The minimum Gasteiger partial charge on any atom is -0.507 e. The van der Waals surface area contributed by atoms with Crippen LogP contribution in [0.25, 0.3) is 10.8 Å². The molecule has 4 heterocycles. The highest BCUT2D eigenvalue weighted by atomic mass is 16.7. The predicted octanol–water partition coefficient (Wildman–Crippen LogP) is -5.25. The molecule has 0 radical (unpaired) electrons. The van der Waals surface area contributed by atoms with Crippen LogP contribution >= 0.6 is 0 Å². The Hall–Kier alpha value is -9.93. The zero-order chi connectivity index (χ0) is 81.4. The van der Waals surface area contributed by atoms with Crippen LogP contribution in [-0.4, -0.2) is 257 Å². The molecule has 2 aromatic carbocycles. The van der Waals surface area contributed by atoms with Crippen LogP contribution in [-0.2, 0) is 62.3 Å². The molecule has 10 amide bonds. The molecular formula is C70H101N11O27. The Morgan fingerprint density at radius 3 is 1.96 bits per heavy atom. The SMILES string of the molecule is C/C1=C/C=C/[C@H](C)[C@H](O)[C@@H](C)[C@@H](O)[C@@H](C)[C@H](C)[C@H](C)[C@@H](CO)/C=C/O[C@@]2(C)Oc3c(C)c(O)c4c(O)c(cc(OCC(=O)NCCNC(C)C(=O)NCC5NC(=O)C(C(=O)O)NC(=O)C(O)CNC(=O)C(C(C)O)NC(=O)C(C(O)C(O)C(N)=O)NC(=O)C(C(C)C)CC(=O)C(CO)NC5=O)c4c3C2=O)NC1=O. The summed E-state index contributed by atoms with van der Waals surface area (Å²) in [5, 5.41) is 142. The smallest absolute Gasteiger partial charge is 0.336 e. The number of aliphatic hydroxyl groups is 8. The number of aromatic hydroxyl groups is 2. The van der Waals surface area contributed by atoms with Gasteiger partial charge in [0.2, 0.25) is 41.5 Å². The van der Waals surface area contributed by atoms with Gasteiger partial charge < -0.3 is 129 Å². The molecule has 108 heavy (non-hydrogen) atoms. The van der Waals surface area contributed by atoms with Gasteiger partial charge in [-0.25, -0.2) is 4.79 Å². The van der Waals surface area contributed by atoms with Gasteiger partial charge in [-0.3, -0.25) is 57.5 Å². The van der Waals surface area contributed by atoms with E-state index in [2.05, 4.69) is 31.9 Å². The Balaban J connectivity index is 1.39. The fourth-order valence-corrected chi connectivity index (χ4v) is 12.2. The van der Waals surface area contributed by atoms with Crippen LogP contribution in [0.4, 0.5) is 5.69 Å². The van der Waals surface area contributed by atoms with Gasteiger partial charge in [-0.15, -0.1) is 0 Å². The maximum atomic E-state index is 14.8. The summed E-state index contributed by atoms with van der Waals surface area (Å²) in [7, 11) is 0. The first-order chi connectivity index (χ1) is 50.5. The van der Waals surface area contributed by atoms with Gasteiger partial charge in [0.25, 0.3) is 29.4 Å². The molecule has 2 aromatic rings. The summed E-state index contributed by atoms with van der Waals surface area (Å²) in [5.74, 6) is -26.5. The number of carbonyl (C=O) groups is 13. The Morgan fingerprint density at radius 1 is 0.722 bits per heavy atom. The number of carbonyl (C=O) groups excluding carboxylic acids is 12. The zero-order valence-corrected chi connectivity index (χ0v) is 61.7. The molecular weight excluding hydrogens is 1430 g/mol. The first-order valence-corrected chi connectivity index (χ1v) is 34.8. The van der Waals surface area contributed by atoms with Crippen molar-refractivity contribution in [2.45, 2.75) is 168 Å². The highest BCUT2D eigenvalue weighted by Gasteiger charge is 2.50. The lowest BCUT2D eigenvalue weighted by Crippen LogP contribution is -2.64. The number of amides is 10. The lowest BCUT2D eigenvalue weighted by atomic mass is 9.72. The van der Waals surface area contributed by atoms with Crippen LogP contribution in [0.3, 0.4) is 0 Å². The largest absolute Gasteiger partial charge is 0.507 e. The molecule has 0 aliphatic carbocycles. The van der Waals surface area contributed by atoms with Crippen LogP contribution in [0.15, 0.2) is 42.2 Å². The molecule has 1 fully saturated rings. The number of phenolic OH excluding ortho intramolecular Hbond substituents is 2. The molecule has 0 saturated carbocycles. The molecule has 20 atom stereocenters.